The molecule has 0 radical (unpaired) electrons. The Morgan fingerprint density at radius 2 is 1.55 bits per heavy atom. The molecule has 114 valence electrons. The van der Waals surface area contributed by atoms with Gasteiger partial charge in [0.1, 0.15) is 0 Å². The molecule has 2 rings (SSSR count). The Kier molecular flexibility index (Phi) is 5.94. The molecule has 0 aliphatic rings. The van der Waals surface area contributed by atoms with Crippen LogP contribution in [0.3, 0.4) is 0 Å². The van der Waals surface area contributed by atoms with Crippen molar-refractivity contribution in [2.75, 3.05) is 13.1 Å². The number of hydrogen-bond donors (Lipinski definition) is 2. The molecular formula is C17H17IN2O2. The molecule has 0 fully saturated rings. The van der Waals surface area contributed by atoms with Crippen molar-refractivity contribution in [2.45, 2.75) is 6.92 Å². The Morgan fingerprint density at radius 1 is 0.909 bits per heavy atom. The first-order valence-electron chi connectivity index (χ1n) is 6.96. The summed E-state index contributed by atoms with van der Waals surface area (Å²) in [5.41, 5.74) is 2.35. The van der Waals surface area contributed by atoms with Gasteiger partial charge in [-0.1, -0.05) is 30.3 Å². The van der Waals surface area contributed by atoms with Crippen molar-refractivity contribution in [2.24, 2.45) is 0 Å². The number of benzene rings is 2. The van der Waals surface area contributed by atoms with Crippen molar-refractivity contribution in [1.29, 1.82) is 0 Å². The lowest BCUT2D eigenvalue weighted by molar-refractivity contribution is 0.0927. The maximum atomic E-state index is 12.1. The summed E-state index contributed by atoms with van der Waals surface area (Å²) in [5.74, 6) is -0.262. The number of aryl methyl sites for hydroxylation is 1. The second-order valence-electron chi connectivity index (χ2n) is 4.81. The van der Waals surface area contributed by atoms with Gasteiger partial charge in [0.2, 0.25) is 0 Å². The van der Waals surface area contributed by atoms with Crippen LogP contribution in [0, 0.1) is 10.5 Å². The minimum absolute atomic E-state index is 0.123. The number of halogens is 1. The maximum Gasteiger partial charge on any atom is 0.252 e. The SMILES string of the molecule is Cc1cccc(C(=O)NCCNC(=O)c2ccccc2)c1I. The monoisotopic (exact) mass is 408 g/mol. The highest BCUT2D eigenvalue weighted by molar-refractivity contribution is 14.1. The third-order valence-electron chi connectivity index (χ3n) is 3.17. The Balaban J connectivity index is 1.80. The third kappa shape index (κ3) is 4.30. The summed E-state index contributed by atoms with van der Waals surface area (Å²) in [6.45, 7) is 2.75. The van der Waals surface area contributed by atoms with Gasteiger partial charge in [0.05, 0.1) is 5.56 Å². The van der Waals surface area contributed by atoms with E-state index < -0.39 is 0 Å². The molecule has 0 aromatic heterocycles. The molecule has 0 unspecified atom stereocenters. The van der Waals surface area contributed by atoms with E-state index in [1.807, 2.05) is 37.3 Å². The largest absolute Gasteiger partial charge is 0.350 e. The fraction of sp³-hybridized carbons (Fsp3) is 0.176. The second kappa shape index (κ2) is 7.93. The highest BCUT2D eigenvalue weighted by Crippen LogP contribution is 2.16. The first-order valence-corrected chi connectivity index (χ1v) is 8.04. The Hall–Kier alpha value is -1.89. The Morgan fingerprint density at radius 3 is 2.23 bits per heavy atom. The van der Waals surface area contributed by atoms with Crippen LogP contribution >= 0.6 is 22.6 Å². The average Bonchev–Trinajstić information content (AvgIpc) is 2.54. The summed E-state index contributed by atoms with van der Waals surface area (Å²) in [5, 5.41) is 5.59. The number of carbonyl (C=O) groups is 2. The van der Waals surface area contributed by atoms with Crippen LogP contribution in [0.4, 0.5) is 0 Å². The van der Waals surface area contributed by atoms with E-state index in [2.05, 4.69) is 33.2 Å². The molecule has 0 saturated carbocycles. The lowest BCUT2D eigenvalue weighted by Gasteiger charge is -2.09. The number of carbonyl (C=O) groups excluding carboxylic acids is 2. The molecule has 0 heterocycles. The molecule has 2 amide bonds. The summed E-state index contributed by atoms with van der Waals surface area (Å²) in [4.78, 5) is 23.9. The van der Waals surface area contributed by atoms with Crippen LogP contribution in [-0.2, 0) is 0 Å². The lowest BCUT2D eigenvalue weighted by atomic mass is 10.1. The zero-order valence-corrected chi connectivity index (χ0v) is 14.4. The predicted octanol–water partition coefficient (Wildman–Crippen LogP) is 2.76. The quantitative estimate of drug-likeness (QED) is 0.591. The maximum absolute atomic E-state index is 12.1. The number of rotatable bonds is 5. The van der Waals surface area contributed by atoms with E-state index in [0.717, 1.165) is 9.13 Å². The van der Waals surface area contributed by atoms with Crippen LogP contribution in [0.25, 0.3) is 0 Å². The summed E-state index contributed by atoms with van der Waals surface area (Å²) in [7, 11) is 0. The highest BCUT2D eigenvalue weighted by Gasteiger charge is 2.10. The number of amides is 2. The first-order chi connectivity index (χ1) is 10.6. The van der Waals surface area contributed by atoms with E-state index in [0.29, 0.717) is 24.2 Å². The summed E-state index contributed by atoms with van der Waals surface area (Å²) >= 11 is 2.17. The van der Waals surface area contributed by atoms with Crippen LogP contribution in [-0.4, -0.2) is 24.9 Å². The van der Waals surface area contributed by atoms with Crippen molar-refractivity contribution in [3.8, 4) is 0 Å². The summed E-state index contributed by atoms with van der Waals surface area (Å²) in [6.07, 6.45) is 0. The van der Waals surface area contributed by atoms with Crippen molar-refractivity contribution in [3.63, 3.8) is 0 Å². The van der Waals surface area contributed by atoms with E-state index in [-0.39, 0.29) is 11.8 Å². The fourth-order valence-corrected chi connectivity index (χ4v) is 2.57. The van der Waals surface area contributed by atoms with Gasteiger partial charge >= 0.3 is 0 Å². The summed E-state index contributed by atoms with van der Waals surface area (Å²) in [6, 6.07) is 14.6. The number of hydrogen-bond acceptors (Lipinski definition) is 2. The zero-order chi connectivity index (χ0) is 15.9. The van der Waals surface area contributed by atoms with Crippen LogP contribution in [0.2, 0.25) is 0 Å². The molecule has 2 aromatic rings. The van der Waals surface area contributed by atoms with E-state index >= 15 is 0 Å². The van der Waals surface area contributed by atoms with Gasteiger partial charge in [0, 0.05) is 22.2 Å². The summed E-state index contributed by atoms with van der Waals surface area (Å²) < 4.78 is 0.950. The fourth-order valence-electron chi connectivity index (χ4n) is 1.96. The van der Waals surface area contributed by atoms with E-state index in [4.69, 9.17) is 0 Å². The van der Waals surface area contributed by atoms with Gasteiger partial charge in [-0.2, -0.15) is 0 Å². The third-order valence-corrected chi connectivity index (χ3v) is 4.60. The highest BCUT2D eigenvalue weighted by atomic mass is 127. The van der Waals surface area contributed by atoms with Gasteiger partial charge in [-0.05, 0) is 53.3 Å². The first kappa shape index (κ1) is 16.5. The van der Waals surface area contributed by atoms with Gasteiger partial charge in [0.15, 0.2) is 0 Å². The molecule has 0 spiro atoms. The molecule has 5 heteroatoms. The van der Waals surface area contributed by atoms with Crippen molar-refractivity contribution < 1.29 is 9.59 Å². The Bertz CT molecular complexity index is 672. The molecule has 0 saturated heterocycles. The number of nitrogens with one attached hydrogen (secondary N) is 2. The van der Waals surface area contributed by atoms with Crippen LogP contribution in [0.15, 0.2) is 48.5 Å². The predicted molar refractivity (Wildman–Crippen MR) is 95.0 cm³/mol. The van der Waals surface area contributed by atoms with Crippen LogP contribution in [0.5, 0.6) is 0 Å². The van der Waals surface area contributed by atoms with Crippen LogP contribution in [0.1, 0.15) is 26.3 Å². The molecular weight excluding hydrogens is 391 g/mol. The van der Waals surface area contributed by atoms with Crippen molar-refractivity contribution >= 4 is 34.4 Å². The topological polar surface area (TPSA) is 58.2 Å². The van der Waals surface area contributed by atoms with Crippen molar-refractivity contribution in [1.82, 2.24) is 10.6 Å². The van der Waals surface area contributed by atoms with Crippen LogP contribution < -0.4 is 10.6 Å². The van der Waals surface area contributed by atoms with Gasteiger partial charge in [-0.15, -0.1) is 0 Å². The van der Waals surface area contributed by atoms with Crippen molar-refractivity contribution in [3.05, 3.63) is 68.8 Å². The standard InChI is InChI=1S/C17H17IN2O2/c1-12-6-5-9-14(15(12)18)17(22)20-11-10-19-16(21)13-7-3-2-4-8-13/h2-9H,10-11H2,1H3,(H,19,21)(H,20,22). The Labute approximate surface area is 143 Å². The van der Waals surface area contributed by atoms with E-state index in [1.54, 1.807) is 18.2 Å². The van der Waals surface area contributed by atoms with Gasteiger partial charge < -0.3 is 10.6 Å². The molecule has 0 bridgehead atoms. The molecule has 0 aliphatic carbocycles. The minimum atomic E-state index is -0.139. The van der Waals surface area contributed by atoms with Gasteiger partial charge in [-0.25, -0.2) is 0 Å². The molecule has 22 heavy (non-hydrogen) atoms. The second-order valence-corrected chi connectivity index (χ2v) is 5.89. The van der Waals surface area contributed by atoms with Gasteiger partial charge in [0.25, 0.3) is 11.8 Å². The molecule has 4 nitrogen and oxygen atoms in total. The smallest absolute Gasteiger partial charge is 0.252 e. The zero-order valence-electron chi connectivity index (χ0n) is 12.2. The van der Waals surface area contributed by atoms with E-state index in [1.165, 1.54) is 0 Å². The average molecular weight is 408 g/mol. The molecule has 0 aliphatic heterocycles. The van der Waals surface area contributed by atoms with Gasteiger partial charge in [-0.3, -0.25) is 9.59 Å². The normalized spacial score (nSPS) is 10.1. The lowest BCUT2D eigenvalue weighted by Crippen LogP contribution is -2.35. The van der Waals surface area contributed by atoms with E-state index in [9.17, 15) is 9.59 Å². The molecule has 0 atom stereocenters. The molecule has 2 N–H and O–H groups in total. The minimum Gasteiger partial charge on any atom is -0.350 e. The molecule has 2 aromatic carbocycles.